The van der Waals surface area contributed by atoms with E-state index in [1.165, 1.54) is 0 Å². The Hall–Kier alpha value is -2.49. The molecule has 0 spiro atoms. The van der Waals surface area contributed by atoms with Crippen LogP contribution in [-0.2, 0) is 0 Å². The quantitative estimate of drug-likeness (QED) is 0.834. The summed E-state index contributed by atoms with van der Waals surface area (Å²) < 4.78 is 10.8. The number of aryl methyl sites for hydroxylation is 2. The lowest BCUT2D eigenvalue weighted by molar-refractivity contribution is 0.0944. The van der Waals surface area contributed by atoms with Gasteiger partial charge >= 0.3 is 0 Å². The Bertz CT molecular complexity index is 653. The molecule has 2 aromatic rings. The molecule has 4 heteroatoms. The average molecular weight is 299 g/mol. The second-order valence-electron chi connectivity index (χ2n) is 5.12. The minimum Gasteiger partial charge on any atom is -0.496 e. The zero-order valence-corrected chi connectivity index (χ0v) is 13.2. The summed E-state index contributed by atoms with van der Waals surface area (Å²) in [5, 5.41) is 2.84. The third-order valence-electron chi connectivity index (χ3n) is 3.25. The molecule has 0 heterocycles. The van der Waals surface area contributed by atoms with Crippen LogP contribution in [0.15, 0.2) is 42.5 Å². The molecule has 1 N–H and O–H groups in total. The molecule has 0 aliphatic heterocycles. The van der Waals surface area contributed by atoms with E-state index in [9.17, 15) is 4.79 Å². The zero-order valence-electron chi connectivity index (χ0n) is 13.2. The number of rotatable bonds is 6. The van der Waals surface area contributed by atoms with Gasteiger partial charge in [-0.3, -0.25) is 4.79 Å². The highest BCUT2D eigenvalue weighted by molar-refractivity contribution is 5.97. The highest BCUT2D eigenvalue weighted by Crippen LogP contribution is 2.19. The molecule has 2 aromatic carbocycles. The molecule has 2 rings (SSSR count). The minimum absolute atomic E-state index is 0.159. The van der Waals surface area contributed by atoms with Crippen molar-refractivity contribution in [3.05, 3.63) is 59.2 Å². The second kappa shape index (κ2) is 7.50. The van der Waals surface area contributed by atoms with Crippen LogP contribution in [0.5, 0.6) is 11.5 Å². The molecule has 0 atom stereocenters. The Balaban J connectivity index is 1.87. The molecule has 0 fully saturated rings. The van der Waals surface area contributed by atoms with Crippen molar-refractivity contribution in [3.8, 4) is 11.5 Å². The van der Waals surface area contributed by atoms with Gasteiger partial charge in [-0.15, -0.1) is 0 Å². The first-order chi connectivity index (χ1) is 10.6. The SMILES string of the molecule is COc1ccc(C)cc1C(=O)NCCOc1cccc(C)c1. The molecule has 0 aromatic heterocycles. The Morgan fingerprint density at radius 1 is 1.09 bits per heavy atom. The second-order valence-corrected chi connectivity index (χ2v) is 5.12. The summed E-state index contributed by atoms with van der Waals surface area (Å²) in [6, 6.07) is 13.4. The van der Waals surface area contributed by atoms with Gasteiger partial charge in [0.1, 0.15) is 18.1 Å². The van der Waals surface area contributed by atoms with E-state index in [1.54, 1.807) is 13.2 Å². The molecule has 0 unspecified atom stereocenters. The number of hydrogen-bond acceptors (Lipinski definition) is 3. The fourth-order valence-electron chi connectivity index (χ4n) is 2.13. The number of methoxy groups -OCH3 is 1. The van der Waals surface area contributed by atoms with E-state index < -0.39 is 0 Å². The van der Waals surface area contributed by atoms with Crippen LogP contribution in [0.3, 0.4) is 0 Å². The van der Waals surface area contributed by atoms with Gasteiger partial charge in [0.05, 0.1) is 19.2 Å². The molecule has 0 saturated carbocycles. The first-order valence-corrected chi connectivity index (χ1v) is 7.22. The maximum Gasteiger partial charge on any atom is 0.255 e. The van der Waals surface area contributed by atoms with Gasteiger partial charge in [-0.1, -0.05) is 23.8 Å². The number of ether oxygens (including phenoxy) is 2. The number of amides is 1. The maximum absolute atomic E-state index is 12.2. The van der Waals surface area contributed by atoms with E-state index in [-0.39, 0.29) is 5.91 Å². The molecule has 22 heavy (non-hydrogen) atoms. The van der Waals surface area contributed by atoms with Crippen LogP contribution in [0.1, 0.15) is 21.5 Å². The van der Waals surface area contributed by atoms with Crippen molar-refractivity contribution in [3.63, 3.8) is 0 Å². The third-order valence-corrected chi connectivity index (χ3v) is 3.25. The molecular weight excluding hydrogens is 278 g/mol. The first-order valence-electron chi connectivity index (χ1n) is 7.22. The van der Waals surface area contributed by atoms with Gasteiger partial charge in [-0.25, -0.2) is 0 Å². The van der Waals surface area contributed by atoms with Gasteiger partial charge in [0, 0.05) is 0 Å². The summed E-state index contributed by atoms with van der Waals surface area (Å²) in [6.45, 7) is 4.81. The highest BCUT2D eigenvalue weighted by atomic mass is 16.5. The van der Waals surface area contributed by atoms with Gasteiger partial charge in [-0.2, -0.15) is 0 Å². The van der Waals surface area contributed by atoms with Crippen molar-refractivity contribution in [2.24, 2.45) is 0 Å². The first kappa shape index (κ1) is 15.9. The lowest BCUT2D eigenvalue weighted by Crippen LogP contribution is -2.28. The van der Waals surface area contributed by atoms with Crippen molar-refractivity contribution in [1.82, 2.24) is 5.32 Å². The van der Waals surface area contributed by atoms with E-state index >= 15 is 0 Å². The van der Waals surface area contributed by atoms with Gasteiger partial charge in [0.15, 0.2) is 0 Å². The van der Waals surface area contributed by atoms with Gasteiger partial charge in [0.2, 0.25) is 0 Å². The Morgan fingerprint density at radius 2 is 1.86 bits per heavy atom. The minimum atomic E-state index is -0.159. The van der Waals surface area contributed by atoms with Crippen molar-refractivity contribution in [1.29, 1.82) is 0 Å². The summed E-state index contributed by atoms with van der Waals surface area (Å²) in [6.07, 6.45) is 0. The Kier molecular flexibility index (Phi) is 5.42. The normalized spacial score (nSPS) is 10.1. The van der Waals surface area contributed by atoms with E-state index in [4.69, 9.17) is 9.47 Å². The summed E-state index contributed by atoms with van der Waals surface area (Å²) in [4.78, 5) is 12.2. The summed E-state index contributed by atoms with van der Waals surface area (Å²) in [5.41, 5.74) is 2.70. The van der Waals surface area contributed by atoms with Crippen LogP contribution >= 0.6 is 0 Å². The molecule has 0 radical (unpaired) electrons. The predicted octanol–water partition coefficient (Wildman–Crippen LogP) is 3.12. The van der Waals surface area contributed by atoms with E-state index in [1.807, 2.05) is 50.2 Å². The average Bonchev–Trinajstić information content (AvgIpc) is 2.51. The number of benzene rings is 2. The molecule has 0 saturated heterocycles. The van der Waals surface area contributed by atoms with Gasteiger partial charge in [-0.05, 0) is 43.7 Å². The number of carbonyl (C=O) groups is 1. The highest BCUT2D eigenvalue weighted by Gasteiger charge is 2.11. The topological polar surface area (TPSA) is 47.6 Å². The van der Waals surface area contributed by atoms with Crippen molar-refractivity contribution in [2.45, 2.75) is 13.8 Å². The number of nitrogens with one attached hydrogen (secondary N) is 1. The van der Waals surface area contributed by atoms with Crippen LogP contribution in [0.25, 0.3) is 0 Å². The standard InChI is InChI=1S/C18H21NO3/c1-13-5-4-6-15(11-13)22-10-9-19-18(20)16-12-14(2)7-8-17(16)21-3/h4-8,11-12H,9-10H2,1-3H3,(H,19,20). The molecule has 116 valence electrons. The largest absolute Gasteiger partial charge is 0.496 e. The van der Waals surface area contributed by atoms with Crippen LogP contribution < -0.4 is 14.8 Å². The van der Waals surface area contributed by atoms with Gasteiger partial charge in [0.25, 0.3) is 5.91 Å². The maximum atomic E-state index is 12.2. The Morgan fingerprint density at radius 3 is 2.59 bits per heavy atom. The lowest BCUT2D eigenvalue weighted by Gasteiger charge is -2.11. The zero-order chi connectivity index (χ0) is 15.9. The molecule has 1 amide bonds. The molecule has 4 nitrogen and oxygen atoms in total. The van der Waals surface area contributed by atoms with E-state index in [0.29, 0.717) is 24.5 Å². The van der Waals surface area contributed by atoms with Gasteiger partial charge < -0.3 is 14.8 Å². The number of carbonyl (C=O) groups excluding carboxylic acids is 1. The van der Waals surface area contributed by atoms with Crippen molar-refractivity contribution < 1.29 is 14.3 Å². The predicted molar refractivity (Wildman–Crippen MR) is 86.7 cm³/mol. The Labute approximate surface area is 131 Å². The van der Waals surface area contributed by atoms with E-state index in [2.05, 4.69) is 5.32 Å². The summed E-state index contributed by atoms with van der Waals surface area (Å²) in [7, 11) is 1.56. The molecule has 0 aliphatic carbocycles. The fourth-order valence-corrected chi connectivity index (χ4v) is 2.13. The van der Waals surface area contributed by atoms with Crippen LogP contribution in [0.2, 0.25) is 0 Å². The van der Waals surface area contributed by atoms with Crippen LogP contribution in [0.4, 0.5) is 0 Å². The van der Waals surface area contributed by atoms with Crippen LogP contribution in [-0.4, -0.2) is 26.2 Å². The van der Waals surface area contributed by atoms with Crippen LogP contribution in [0, 0.1) is 13.8 Å². The fraction of sp³-hybridized carbons (Fsp3) is 0.278. The summed E-state index contributed by atoms with van der Waals surface area (Å²) in [5.74, 6) is 1.22. The smallest absolute Gasteiger partial charge is 0.255 e. The monoisotopic (exact) mass is 299 g/mol. The molecular formula is C18H21NO3. The van der Waals surface area contributed by atoms with Crippen molar-refractivity contribution in [2.75, 3.05) is 20.3 Å². The third kappa shape index (κ3) is 4.25. The summed E-state index contributed by atoms with van der Waals surface area (Å²) >= 11 is 0. The van der Waals surface area contributed by atoms with E-state index in [0.717, 1.165) is 16.9 Å². The molecule has 0 bridgehead atoms. The molecule has 0 aliphatic rings. The van der Waals surface area contributed by atoms with Crippen molar-refractivity contribution >= 4 is 5.91 Å². The lowest BCUT2D eigenvalue weighted by atomic mass is 10.1. The number of hydrogen-bond donors (Lipinski definition) is 1.